The Kier molecular flexibility index (Phi) is 10.1. The molecule has 7 nitrogen and oxygen atoms in total. The predicted molar refractivity (Wildman–Crippen MR) is 113 cm³/mol. The van der Waals surface area contributed by atoms with Gasteiger partial charge in [-0.3, -0.25) is 4.99 Å². The van der Waals surface area contributed by atoms with Crippen LogP contribution in [0.1, 0.15) is 6.92 Å². The first-order valence-corrected chi connectivity index (χ1v) is 10.1. The zero-order valence-corrected chi connectivity index (χ0v) is 18.0. The highest BCUT2D eigenvalue weighted by Crippen LogP contribution is 2.14. The molecule has 0 aliphatic rings. The molecule has 0 aliphatic carbocycles. The van der Waals surface area contributed by atoms with Crippen molar-refractivity contribution in [3.63, 3.8) is 0 Å². The average molecular weight is 497 g/mol. The Labute approximate surface area is 170 Å². The van der Waals surface area contributed by atoms with Crippen molar-refractivity contribution < 1.29 is 8.42 Å². The highest BCUT2D eigenvalue weighted by molar-refractivity contribution is 14.0. The average Bonchev–Trinajstić information content (AvgIpc) is 3.24. The van der Waals surface area contributed by atoms with Gasteiger partial charge in [0.05, 0.1) is 6.54 Å². The SMILES string of the molecule is CCNC(=NCCNS(=O)(=O)c1cccs1)NCCn1cccc1.I. The van der Waals surface area contributed by atoms with Crippen LogP contribution in [0.3, 0.4) is 0 Å². The van der Waals surface area contributed by atoms with Crippen LogP contribution < -0.4 is 15.4 Å². The van der Waals surface area contributed by atoms with Crippen LogP contribution in [-0.4, -0.2) is 45.1 Å². The van der Waals surface area contributed by atoms with Gasteiger partial charge in [-0.2, -0.15) is 0 Å². The van der Waals surface area contributed by atoms with Gasteiger partial charge in [0.2, 0.25) is 10.0 Å². The Morgan fingerprint density at radius 2 is 1.96 bits per heavy atom. The highest BCUT2D eigenvalue weighted by Gasteiger charge is 2.13. The van der Waals surface area contributed by atoms with Gasteiger partial charge >= 0.3 is 0 Å². The van der Waals surface area contributed by atoms with Crippen molar-refractivity contribution in [1.29, 1.82) is 0 Å². The number of sulfonamides is 1. The van der Waals surface area contributed by atoms with E-state index >= 15 is 0 Å². The number of halogens is 1. The van der Waals surface area contributed by atoms with Crippen LogP contribution in [0.5, 0.6) is 0 Å². The Balaban J connectivity index is 0.00000312. The summed E-state index contributed by atoms with van der Waals surface area (Å²) >= 11 is 1.20. The number of aromatic nitrogens is 1. The largest absolute Gasteiger partial charge is 0.357 e. The molecule has 0 bridgehead atoms. The van der Waals surface area contributed by atoms with E-state index in [-0.39, 0.29) is 30.5 Å². The van der Waals surface area contributed by atoms with Crippen molar-refractivity contribution in [2.45, 2.75) is 17.7 Å². The zero-order valence-electron chi connectivity index (χ0n) is 14.0. The molecule has 0 unspecified atom stereocenters. The van der Waals surface area contributed by atoms with E-state index < -0.39 is 10.0 Å². The minimum atomic E-state index is -3.42. The molecule has 25 heavy (non-hydrogen) atoms. The minimum Gasteiger partial charge on any atom is -0.357 e. The molecule has 0 saturated heterocycles. The van der Waals surface area contributed by atoms with Crippen molar-refractivity contribution in [2.24, 2.45) is 4.99 Å². The Morgan fingerprint density at radius 3 is 2.60 bits per heavy atom. The molecule has 10 heteroatoms. The number of hydrogen-bond donors (Lipinski definition) is 3. The monoisotopic (exact) mass is 497 g/mol. The van der Waals surface area contributed by atoms with Gasteiger partial charge in [0.1, 0.15) is 4.21 Å². The molecule has 0 aliphatic heterocycles. The Hall–Kier alpha value is -1.11. The number of rotatable bonds is 9. The smallest absolute Gasteiger partial charge is 0.250 e. The lowest BCUT2D eigenvalue weighted by Gasteiger charge is -2.12. The molecule has 0 fully saturated rings. The van der Waals surface area contributed by atoms with Gasteiger partial charge in [0.15, 0.2) is 5.96 Å². The lowest BCUT2D eigenvalue weighted by molar-refractivity contribution is 0.584. The Morgan fingerprint density at radius 1 is 1.20 bits per heavy atom. The van der Waals surface area contributed by atoms with Crippen LogP contribution >= 0.6 is 35.3 Å². The van der Waals surface area contributed by atoms with Crippen molar-refractivity contribution in [3.8, 4) is 0 Å². The molecule has 2 rings (SSSR count). The summed E-state index contributed by atoms with van der Waals surface area (Å²) in [4.78, 5) is 4.38. The van der Waals surface area contributed by atoms with Crippen LogP contribution in [0, 0.1) is 0 Å². The summed E-state index contributed by atoms with van der Waals surface area (Å²) in [5, 5.41) is 8.11. The third-order valence-corrected chi connectivity index (χ3v) is 5.97. The molecule has 140 valence electrons. The molecule has 0 amide bonds. The van der Waals surface area contributed by atoms with Crippen molar-refractivity contribution in [3.05, 3.63) is 42.0 Å². The molecular formula is C15H24IN5O2S2. The fourth-order valence-electron chi connectivity index (χ4n) is 2.00. The van der Waals surface area contributed by atoms with Crippen molar-refractivity contribution in [2.75, 3.05) is 26.2 Å². The maximum atomic E-state index is 12.0. The molecule has 2 heterocycles. The van der Waals surface area contributed by atoms with Crippen LogP contribution in [0.4, 0.5) is 0 Å². The number of nitrogens with zero attached hydrogens (tertiary/aromatic N) is 2. The molecule has 3 N–H and O–H groups in total. The van der Waals surface area contributed by atoms with Crippen LogP contribution in [0.15, 0.2) is 51.2 Å². The summed E-state index contributed by atoms with van der Waals surface area (Å²) in [7, 11) is -3.42. The van der Waals surface area contributed by atoms with E-state index in [2.05, 4.69) is 24.9 Å². The fraction of sp³-hybridized carbons (Fsp3) is 0.400. The van der Waals surface area contributed by atoms with Crippen molar-refractivity contribution >= 4 is 51.3 Å². The minimum absolute atomic E-state index is 0. The first kappa shape index (κ1) is 21.9. The number of guanidine groups is 1. The maximum Gasteiger partial charge on any atom is 0.250 e. The van der Waals surface area contributed by atoms with Crippen LogP contribution in [-0.2, 0) is 16.6 Å². The number of hydrogen-bond acceptors (Lipinski definition) is 4. The molecule has 0 saturated carbocycles. The standard InChI is InChI=1S/C15H23N5O2S2.HI/c1-2-16-15(18-9-12-20-10-3-4-11-20)17-7-8-19-24(21,22)14-6-5-13-23-14;/h3-6,10-11,13,19H,2,7-9,12H2,1H3,(H2,16,17,18);1H. The van der Waals surface area contributed by atoms with Gasteiger partial charge in [-0.1, -0.05) is 6.07 Å². The summed E-state index contributed by atoms with van der Waals surface area (Å²) in [5.74, 6) is 0.681. The Bertz CT molecular complexity index is 715. The molecular weight excluding hydrogens is 473 g/mol. The first-order chi connectivity index (χ1) is 11.6. The van der Waals surface area contributed by atoms with Gasteiger partial charge in [-0.15, -0.1) is 35.3 Å². The third kappa shape index (κ3) is 7.75. The van der Waals surface area contributed by atoms with Gasteiger partial charge in [-0.25, -0.2) is 13.1 Å². The zero-order chi connectivity index (χ0) is 17.3. The van der Waals surface area contributed by atoms with E-state index in [9.17, 15) is 8.42 Å². The van der Waals surface area contributed by atoms with Gasteiger partial charge < -0.3 is 15.2 Å². The molecule has 0 atom stereocenters. The second-order valence-electron chi connectivity index (χ2n) is 4.94. The predicted octanol–water partition coefficient (Wildman–Crippen LogP) is 1.70. The van der Waals surface area contributed by atoms with E-state index in [1.807, 2.05) is 31.5 Å². The van der Waals surface area contributed by atoms with E-state index in [0.29, 0.717) is 16.7 Å². The lowest BCUT2D eigenvalue weighted by atomic mass is 10.6. The quantitative estimate of drug-likeness (QED) is 0.213. The normalized spacial score (nSPS) is 11.8. The molecule has 2 aromatic heterocycles. The third-order valence-electron chi connectivity index (χ3n) is 3.11. The second-order valence-corrected chi connectivity index (χ2v) is 7.88. The van der Waals surface area contributed by atoms with Gasteiger partial charge in [0.25, 0.3) is 0 Å². The second kappa shape index (κ2) is 11.5. The maximum absolute atomic E-state index is 12.0. The summed E-state index contributed by atoms with van der Waals surface area (Å²) in [6.07, 6.45) is 4.01. The first-order valence-electron chi connectivity index (χ1n) is 7.78. The molecule has 0 aromatic carbocycles. The summed E-state index contributed by atoms with van der Waals surface area (Å²) in [6, 6.07) is 7.27. The summed E-state index contributed by atoms with van der Waals surface area (Å²) in [6.45, 7) is 4.93. The molecule has 0 radical (unpaired) electrons. The lowest BCUT2D eigenvalue weighted by Crippen LogP contribution is -2.39. The van der Waals surface area contributed by atoms with E-state index in [1.54, 1.807) is 17.5 Å². The van der Waals surface area contributed by atoms with Gasteiger partial charge in [0, 0.05) is 38.6 Å². The van der Waals surface area contributed by atoms with Gasteiger partial charge in [-0.05, 0) is 30.5 Å². The topological polar surface area (TPSA) is 87.5 Å². The highest BCUT2D eigenvalue weighted by atomic mass is 127. The summed E-state index contributed by atoms with van der Waals surface area (Å²) < 4.78 is 28.9. The van der Waals surface area contributed by atoms with Crippen LogP contribution in [0.25, 0.3) is 0 Å². The van der Waals surface area contributed by atoms with E-state index in [1.165, 1.54) is 11.3 Å². The van der Waals surface area contributed by atoms with Crippen LogP contribution in [0.2, 0.25) is 0 Å². The van der Waals surface area contributed by atoms with E-state index in [0.717, 1.165) is 19.6 Å². The number of aliphatic imine (C=N–C) groups is 1. The number of nitrogens with one attached hydrogen (secondary N) is 3. The summed E-state index contributed by atoms with van der Waals surface area (Å²) in [5.41, 5.74) is 0. The fourth-order valence-corrected chi connectivity index (χ4v) is 4.06. The number of thiophene rings is 1. The van der Waals surface area contributed by atoms with E-state index in [4.69, 9.17) is 0 Å². The van der Waals surface area contributed by atoms with Crippen molar-refractivity contribution in [1.82, 2.24) is 19.9 Å². The molecule has 0 spiro atoms. The molecule has 2 aromatic rings.